The van der Waals surface area contributed by atoms with Gasteiger partial charge in [0.25, 0.3) is 0 Å². The topological polar surface area (TPSA) is 95.3 Å². The first-order chi connectivity index (χ1) is 9.60. The van der Waals surface area contributed by atoms with Crippen molar-refractivity contribution < 1.29 is 4.74 Å². The molecule has 1 aromatic rings. The number of nitrogen functional groups attached to an aromatic ring is 1. The third-order valence-corrected chi connectivity index (χ3v) is 2.83. The van der Waals surface area contributed by atoms with Crippen molar-refractivity contribution in [3.8, 4) is 0 Å². The zero-order valence-electron chi connectivity index (χ0n) is 11.4. The van der Waals surface area contributed by atoms with Gasteiger partial charge in [0.05, 0.1) is 29.4 Å². The maximum absolute atomic E-state index is 7.94. The van der Waals surface area contributed by atoms with Crippen molar-refractivity contribution in [1.29, 1.82) is 10.8 Å². The average molecular weight is 270 g/mol. The number of hydrogen-bond donors (Lipinski definition) is 3. The largest absolute Gasteiger partial charge is 0.492 e. The lowest BCUT2D eigenvalue weighted by atomic mass is 10.00. The fourth-order valence-corrected chi connectivity index (χ4v) is 1.78. The Balaban J connectivity index is 2.28. The van der Waals surface area contributed by atoms with Crippen LogP contribution in [0.3, 0.4) is 0 Å². The van der Waals surface area contributed by atoms with Gasteiger partial charge in [-0.1, -0.05) is 6.92 Å². The summed E-state index contributed by atoms with van der Waals surface area (Å²) in [6.07, 6.45) is 2.80. The molecule has 5 nitrogen and oxygen atoms in total. The van der Waals surface area contributed by atoms with E-state index in [1.54, 1.807) is 30.3 Å². The summed E-state index contributed by atoms with van der Waals surface area (Å²) in [5.74, 6) is 0.511. The number of benzene rings is 1. The zero-order valence-corrected chi connectivity index (χ0v) is 11.4. The number of nitrogens with two attached hydrogens (primary N) is 1. The van der Waals surface area contributed by atoms with Crippen molar-refractivity contribution in [2.75, 3.05) is 12.3 Å². The number of rotatable bonds is 4. The van der Waals surface area contributed by atoms with Crippen LogP contribution in [0.2, 0.25) is 0 Å². The molecule has 4 N–H and O–H groups in total. The molecule has 0 atom stereocenters. The molecule has 0 unspecified atom stereocenters. The van der Waals surface area contributed by atoms with E-state index in [4.69, 9.17) is 21.3 Å². The Bertz CT molecular complexity index is 584. The normalized spacial score (nSPS) is 17.2. The minimum atomic E-state index is 0.253. The predicted molar refractivity (Wildman–Crippen MR) is 82.3 cm³/mol. The van der Waals surface area contributed by atoms with Crippen LogP contribution in [-0.2, 0) is 4.74 Å². The summed E-state index contributed by atoms with van der Waals surface area (Å²) in [7, 11) is 0. The second-order valence-corrected chi connectivity index (χ2v) is 4.58. The molecule has 0 spiro atoms. The monoisotopic (exact) mass is 270 g/mol. The highest BCUT2D eigenvalue weighted by molar-refractivity contribution is 6.51. The van der Waals surface area contributed by atoms with Crippen LogP contribution in [0.5, 0.6) is 0 Å². The molecule has 1 aliphatic carbocycles. The molecule has 0 amide bonds. The molecule has 5 heteroatoms. The smallest absolute Gasteiger partial charge is 0.142 e. The van der Waals surface area contributed by atoms with Crippen LogP contribution in [0.15, 0.2) is 41.1 Å². The number of nitrogens with zero attached hydrogens (tertiary/aromatic N) is 1. The fraction of sp³-hybridized carbons (Fsp3) is 0.267. The van der Waals surface area contributed by atoms with Gasteiger partial charge >= 0.3 is 0 Å². The Hall–Kier alpha value is -2.43. The van der Waals surface area contributed by atoms with Gasteiger partial charge in [-0.2, -0.15) is 0 Å². The van der Waals surface area contributed by atoms with Gasteiger partial charge in [-0.05, 0) is 30.7 Å². The molecule has 20 heavy (non-hydrogen) atoms. The number of hydrogen-bond acceptors (Lipinski definition) is 5. The van der Waals surface area contributed by atoms with Gasteiger partial charge in [0.15, 0.2) is 0 Å². The molecule has 0 radical (unpaired) electrons. The van der Waals surface area contributed by atoms with E-state index in [1.807, 2.05) is 6.92 Å². The van der Waals surface area contributed by atoms with Crippen LogP contribution >= 0.6 is 0 Å². The number of ether oxygens (including phenoxy) is 1. The number of aliphatic imine (C=N–C) groups is 1. The molecule has 0 fully saturated rings. The van der Waals surface area contributed by atoms with Gasteiger partial charge in [-0.3, -0.25) is 0 Å². The molecule has 0 saturated heterocycles. The number of anilines is 1. The van der Waals surface area contributed by atoms with Crippen LogP contribution in [0, 0.1) is 10.8 Å². The minimum Gasteiger partial charge on any atom is -0.492 e. The zero-order chi connectivity index (χ0) is 14.5. The summed E-state index contributed by atoms with van der Waals surface area (Å²) in [5.41, 5.74) is 8.25. The molecule has 0 saturated carbocycles. The maximum Gasteiger partial charge on any atom is 0.142 e. The van der Waals surface area contributed by atoms with Crippen LogP contribution in [0.1, 0.15) is 19.8 Å². The average Bonchev–Trinajstić information content (AvgIpc) is 2.43. The second-order valence-electron chi connectivity index (χ2n) is 4.58. The molecule has 0 aromatic heterocycles. The molecular formula is C15H18N4O. The Morgan fingerprint density at radius 2 is 1.90 bits per heavy atom. The third kappa shape index (κ3) is 3.32. The van der Waals surface area contributed by atoms with Crippen molar-refractivity contribution in [2.24, 2.45) is 4.99 Å². The standard InChI is InChI=1S/C15H18N4O/c1-2-7-20-15-9-14(12(17)8-13(15)18)19-11-5-3-10(16)4-6-11/h3-6,9,17-18H,2,7-8,16H2,1H3. The van der Waals surface area contributed by atoms with Gasteiger partial charge in [-0.15, -0.1) is 0 Å². The van der Waals surface area contributed by atoms with E-state index in [2.05, 4.69) is 4.99 Å². The quantitative estimate of drug-likeness (QED) is 0.733. The molecular weight excluding hydrogens is 252 g/mol. The van der Waals surface area contributed by atoms with Gasteiger partial charge < -0.3 is 21.3 Å². The fourth-order valence-electron chi connectivity index (χ4n) is 1.78. The first kappa shape index (κ1) is 14.0. The summed E-state index contributed by atoms with van der Waals surface area (Å²) in [6.45, 7) is 2.58. The Morgan fingerprint density at radius 1 is 1.20 bits per heavy atom. The van der Waals surface area contributed by atoms with Crippen molar-refractivity contribution in [3.05, 3.63) is 36.1 Å². The van der Waals surface area contributed by atoms with E-state index in [9.17, 15) is 0 Å². The molecule has 0 aliphatic heterocycles. The molecule has 0 bridgehead atoms. The number of nitrogens with one attached hydrogen (secondary N) is 2. The molecule has 2 rings (SSSR count). The van der Waals surface area contributed by atoms with E-state index in [1.165, 1.54) is 0 Å². The summed E-state index contributed by atoms with van der Waals surface area (Å²) >= 11 is 0. The van der Waals surface area contributed by atoms with Crippen LogP contribution in [0.4, 0.5) is 11.4 Å². The van der Waals surface area contributed by atoms with E-state index in [0.717, 1.165) is 12.1 Å². The van der Waals surface area contributed by atoms with Crippen LogP contribution in [-0.4, -0.2) is 23.7 Å². The lowest BCUT2D eigenvalue weighted by Crippen LogP contribution is -2.24. The third-order valence-electron chi connectivity index (χ3n) is 2.83. The van der Waals surface area contributed by atoms with E-state index in [0.29, 0.717) is 35.2 Å². The summed E-state index contributed by atoms with van der Waals surface area (Å²) in [6, 6.07) is 7.14. The molecule has 1 aliphatic rings. The first-order valence-electron chi connectivity index (χ1n) is 6.54. The molecule has 1 aromatic carbocycles. The second kappa shape index (κ2) is 6.14. The SMILES string of the molecule is CCCOC1=CC(=Nc2ccc(N)cc2)C(=N)CC1=N. The minimum absolute atomic E-state index is 0.253. The summed E-state index contributed by atoms with van der Waals surface area (Å²) in [5, 5.41) is 15.8. The Labute approximate surface area is 118 Å². The first-order valence-corrected chi connectivity index (χ1v) is 6.54. The Morgan fingerprint density at radius 3 is 2.55 bits per heavy atom. The summed E-state index contributed by atoms with van der Waals surface area (Å²) in [4.78, 5) is 4.42. The lowest BCUT2D eigenvalue weighted by Gasteiger charge is -2.17. The van der Waals surface area contributed by atoms with Crippen molar-refractivity contribution >= 4 is 28.5 Å². The van der Waals surface area contributed by atoms with E-state index >= 15 is 0 Å². The highest BCUT2D eigenvalue weighted by Gasteiger charge is 2.20. The van der Waals surface area contributed by atoms with Gasteiger partial charge in [0, 0.05) is 18.2 Å². The molecule has 0 heterocycles. The van der Waals surface area contributed by atoms with Crippen molar-refractivity contribution in [3.63, 3.8) is 0 Å². The van der Waals surface area contributed by atoms with E-state index in [-0.39, 0.29) is 6.42 Å². The van der Waals surface area contributed by atoms with E-state index < -0.39 is 0 Å². The highest BCUT2D eigenvalue weighted by atomic mass is 16.5. The molecule has 104 valence electrons. The van der Waals surface area contributed by atoms with Crippen LogP contribution < -0.4 is 5.73 Å². The predicted octanol–water partition coefficient (Wildman–Crippen LogP) is 3.10. The van der Waals surface area contributed by atoms with Crippen LogP contribution in [0.25, 0.3) is 0 Å². The Kier molecular flexibility index (Phi) is 4.30. The van der Waals surface area contributed by atoms with Gasteiger partial charge in [0.2, 0.25) is 0 Å². The maximum atomic E-state index is 7.94. The van der Waals surface area contributed by atoms with Crippen molar-refractivity contribution in [1.82, 2.24) is 0 Å². The summed E-state index contributed by atoms with van der Waals surface area (Å²) < 4.78 is 5.52. The lowest BCUT2D eigenvalue weighted by molar-refractivity contribution is 0.231. The van der Waals surface area contributed by atoms with Gasteiger partial charge in [-0.25, -0.2) is 4.99 Å². The van der Waals surface area contributed by atoms with Crippen molar-refractivity contribution in [2.45, 2.75) is 19.8 Å². The highest BCUT2D eigenvalue weighted by Crippen LogP contribution is 2.18. The number of allylic oxidation sites excluding steroid dienone is 2. The van der Waals surface area contributed by atoms with Gasteiger partial charge in [0.1, 0.15) is 5.76 Å².